The molecule has 0 aliphatic heterocycles. The summed E-state index contributed by atoms with van der Waals surface area (Å²) in [5.41, 5.74) is 8.64. The number of benzene rings is 2. The number of anilines is 1. The molecule has 6 nitrogen and oxygen atoms in total. The van der Waals surface area contributed by atoms with Crippen molar-refractivity contribution in [2.45, 2.75) is 19.9 Å². The Balaban J connectivity index is 1.81. The van der Waals surface area contributed by atoms with Crippen LogP contribution in [-0.4, -0.2) is 21.6 Å². The summed E-state index contributed by atoms with van der Waals surface area (Å²) in [5, 5.41) is 7.18. The topological polar surface area (TPSA) is 90.0 Å². The lowest BCUT2D eigenvalue weighted by atomic mass is 10.1. The number of aromatic nitrogens is 2. The third-order valence-electron chi connectivity index (χ3n) is 4.11. The molecular formula is C20H20N4O2. The molecule has 1 heterocycles. The molecule has 0 aliphatic carbocycles. The first-order valence-corrected chi connectivity index (χ1v) is 8.38. The van der Waals surface area contributed by atoms with Crippen LogP contribution >= 0.6 is 0 Å². The highest BCUT2D eigenvalue weighted by Gasteiger charge is 2.17. The van der Waals surface area contributed by atoms with E-state index in [-0.39, 0.29) is 5.91 Å². The summed E-state index contributed by atoms with van der Waals surface area (Å²) in [6.45, 7) is 2.59. The Hall–Kier alpha value is -3.41. The van der Waals surface area contributed by atoms with Crippen molar-refractivity contribution in [2.75, 3.05) is 5.32 Å². The van der Waals surface area contributed by atoms with Gasteiger partial charge in [0.25, 0.3) is 5.91 Å². The summed E-state index contributed by atoms with van der Waals surface area (Å²) in [6.07, 6.45) is 2.26. The van der Waals surface area contributed by atoms with Gasteiger partial charge in [-0.25, -0.2) is 0 Å². The Bertz CT molecular complexity index is 932. The van der Waals surface area contributed by atoms with Crippen LogP contribution in [0.4, 0.5) is 5.69 Å². The minimum atomic E-state index is -0.536. The average Bonchev–Trinajstić information content (AvgIpc) is 3.05. The Morgan fingerprint density at radius 2 is 1.88 bits per heavy atom. The second kappa shape index (κ2) is 7.65. The third-order valence-corrected chi connectivity index (χ3v) is 4.11. The van der Waals surface area contributed by atoms with E-state index >= 15 is 0 Å². The van der Waals surface area contributed by atoms with Gasteiger partial charge in [-0.15, -0.1) is 0 Å². The van der Waals surface area contributed by atoms with Gasteiger partial charge in [0, 0.05) is 11.3 Å². The maximum absolute atomic E-state index is 12.7. The molecule has 132 valence electrons. The van der Waals surface area contributed by atoms with Crippen molar-refractivity contribution in [1.29, 1.82) is 0 Å². The summed E-state index contributed by atoms with van der Waals surface area (Å²) in [6, 6.07) is 16.5. The van der Waals surface area contributed by atoms with Gasteiger partial charge in [0.2, 0.25) is 5.91 Å². The lowest BCUT2D eigenvalue weighted by Crippen LogP contribution is -2.16. The fourth-order valence-corrected chi connectivity index (χ4v) is 2.81. The number of carbonyl (C=O) groups is 2. The molecule has 1 aromatic heterocycles. The number of amides is 2. The van der Waals surface area contributed by atoms with Crippen LogP contribution in [0.5, 0.6) is 0 Å². The fraction of sp³-hybridized carbons (Fsp3) is 0.150. The van der Waals surface area contributed by atoms with Crippen molar-refractivity contribution in [2.24, 2.45) is 5.73 Å². The van der Waals surface area contributed by atoms with Crippen LogP contribution in [0, 0.1) is 0 Å². The predicted octanol–water partition coefficient (Wildman–Crippen LogP) is 2.85. The molecule has 0 unspecified atom stereocenters. The molecule has 0 fully saturated rings. The van der Waals surface area contributed by atoms with E-state index in [9.17, 15) is 9.59 Å². The quantitative estimate of drug-likeness (QED) is 0.718. The van der Waals surface area contributed by atoms with Crippen molar-refractivity contribution in [3.8, 4) is 0 Å². The molecular weight excluding hydrogens is 328 g/mol. The van der Waals surface area contributed by atoms with Gasteiger partial charge < -0.3 is 11.1 Å². The average molecular weight is 348 g/mol. The highest BCUT2D eigenvalue weighted by atomic mass is 16.2. The fourth-order valence-electron chi connectivity index (χ4n) is 2.81. The molecule has 0 saturated carbocycles. The van der Waals surface area contributed by atoms with E-state index in [0.29, 0.717) is 29.8 Å². The first kappa shape index (κ1) is 17.4. The van der Waals surface area contributed by atoms with Gasteiger partial charge >= 0.3 is 0 Å². The van der Waals surface area contributed by atoms with Crippen LogP contribution < -0.4 is 11.1 Å². The van der Waals surface area contributed by atoms with Crippen LogP contribution in [-0.2, 0) is 13.0 Å². The molecule has 0 atom stereocenters. The number of nitrogens with one attached hydrogen (secondary N) is 1. The largest absolute Gasteiger partial charge is 0.366 e. The van der Waals surface area contributed by atoms with Gasteiger partial charge in [0.05, 0.1) is 24.0 Å². The van der Waals surface area contributed by atoms with Crippen molar-refractivity contribution in [3.05, 3.63) is 83.2 Å². The number of primary amides is 1. The van der Waals surface area contributed by atoms with E-state index in [0.717, 1.165) is 11.3 Å². The molecule has 6 heteroatoms. The monoisotopic (exact) mass is 348 g/mol. The Labute approximate surface area is 151 Å². The van der Waals surface area contributed by atoms with Crippen molar-refractivity contribution in [3.63, 3.8) is 0 Å². The summed E-state index contributed by atoms with van der Waals surface area (Å²) in [5.74, 6) is -0.797. The number of hydrogen-bond donors (Lipinski definition) is 2. The lowest BCUT2D eigenvalue weighted by Gasteiger charge is -2.09. The molecule has 2 aromatic carbocycles. The minimum absolute atomic E-state index is 0.261. The smallest absolute Gasteiger partial charge is 0.259 e. The first-order chi connectivity index (χ1) is 12.6. The Morgan fingerprint density at radius 3 is 2.58 bits per heavy atom. The van der Waals surface area contributed by atoms with Gasteiger partial charge in [-0.2, -0.15) is 5.10 Å². The highest BCUT2D eigenvalue weighted by Crippen LogP contribution is 2.16. The Kier molecular flexibility index (Phi) is 5.12. The van der Waals surface area contributed by atoms with Gasteiger partial charge in [-0.3, -0.25) is 14.3 Å². The van der Waals surface area contributed by atoms with E-state index in [1.165, 1.54) is 0 Å². The van der Waals surface area contributed by atoms with E-state index in [1.807, 2.05) is 41.9 Å². The van der Waals surface area contributed by atoms with E-state index in [1.54, 1.807) is 30.5 Å². The maximum atomic E-state index is 12.7. The zero-order chi connectivity index (χ0) is 18.5. The number of nitrogens with zero attached hydrogens (tertiary/aromatic N) is 2. The molecule has 3 rings (SSSR count). The maximum Gasteiger partial charge on any atom is 0.259 e. The van der Waals surface area contributed by atoms with Crippen LogP contribution in [0.1, 0.15) is 38.9 Å². The molecule has 0 radical (unpaired) electrons. The van der Waals surface area contributed by atoms with Crippen LogP contribution in [0.25, 0.3) is 0 Å². The molecule has 0 saturated heterocycles. The van der Waals surface area contributed by atoms with Crippen LogP contribution in [0.15, 0.2) is 60.8 Å². The van der Waals surface area contributed by atoms with Gasteiger partial charge in [0.1, 0.15) is 0 Å². The normalized spacial score (nSPS) is 10.5. The predicted molar refractivity (Wildman–Crippen MR) is 100 cm³/mol. The molecule has 3 aromatic rings. The summed E-state index contributed by atoms with van der Waals surface area (Å²) < 4.78 is 1.84. The number of rotatable bonds is 6. The number of hydrogen-bond acceptors (Lipinski definition) is 3. The standard InChI is InChI=1S/C20H20N4O2/c1-2-18-17(12-22-24(18)13-14-7-4-3-5-8-14)20(26)23-16-10-6-9-15(11-16)19(21)25/h3-12H,2,13H2,1H3,(H2,21,25)(H,23,26). The van der Waals surface area contributed by atoms with Crippen LogP contribution in [0.2, 0.25) is 0 Å². The second-order valence-electron chi connectivity index (χ2n) is 5.90. The zero-order valence-corrected chi connectivity index (χ0v) is 14.5. The number of carbonyl (C=O) groups excluding carboxylic acids is 2. The third kappa shape index (κ3) is 3.80. The number of nitrogens with two attached hydrogens (primary N) is 1. The van der Waals surface area contributed by atoms with Crippen LogP contribution in [0.3, 0.4) is 0 Å². The first-order valence-electron chi connectivity index (χ1n) is 8.38. The molecule has 0 bridgehead atoms. The lowest BCUT2D eigenvalue weighted by molar-refractivity contribution is 0.0996. The van der Waals surface area contributed by atoms with Gasteiger partial charge in [-0.05, 0) is 30.2 Å². The molecule has 26 heavy (non-hydrogen) atoms. The van der Waals surface area contributed by atoms with Gasteiger partial charge in [0.15, 0.2) is 0 Å². The van der Waals surface area contributed by atoms with Crippen molar-refractivity contribution >= 4 is 17.5 Å². The van der Waals surface area contributed by atoms with Gasteiger partial charge in [-0.1, -0.05) is 43.3 Å². The zero-order valence-electron chi connectivity index (χ0n) is 14.5. The van der Waals surface area contributed by atoms with E-state index < -0.39 is 5.91 Å². The van der Waals surface area contributed by atoms with Crippen molar-refractivity contribution in [1.82, 2.24) is 9.78 Å². The molecule has 0 aliphatic rings. The summed E-state index contributed by atoms with van der Waals surface area (Å²) >= 11 is 0. The highest BCUT2D eigenvalue weighted by molar-refractivity contribution is 6.05. The molecule has 0 spiro atoms. The Morgan fingerprint density at radius 1 is 1.12 bits per heavy atom. The summed E-state index contributed by atoms with van der Waals surface area (Å²) in [4.78, 5) is 23.9. The van der Waals surface area contributed by atoms with Crippen molar-refractivity contribution < 1.29 is 9.59 Å². The van der Waals surface area contributed by atoms with E-state index in [4.69, 9.17) is 5.73 Å². The molecule has 2 amide bonds. The second-order valence-corrected chi connectivity index (χ2v) is 5.90. The minimum Gasteiger partial charge on any atom is -0.366 e. The summed E-state index contributed by atoms with van der Waals surface area (Å²) in [7, 11) is 0. The SMILES string of the molecule is CCc1c(C(=O)Nc2cccc(C(N)=O)c2)cnn1Cc1ccccc1. The van der Waals surface area contributed by atoms with E-state index in [2.05, 4.69) is 10.4 Å². The molecule has 3 N–H and O–H groups in total.